The second kappa shape index (κ2) is 6.41. The van der Waals surface area contributed by atoms with Gasteiger partial charge in [-0.15, -0.1) is 5.10 Å². The molecule has 2 heterocycles. The summed E-state index contributed by atoms with van der Waals surface area (Å²) < 4.78 is 1.62. The van der Waals surface area contributed by atoms with Gasteiger partial charge in [-0.25, -0.2) is 4.68 Å². The highest BCUT2D eigenvalue weighted by Crippen LogP contribution is 2.25. The molecule has 0 saturated carbocycles. The van der Waals surface area contributed by atoms with Crippen molar-refractivity contribution in [3.63, 3.8) is 0 Å². The van der Waals surface area contributed by atoms with Gasteiger partial charge in [0.25, 0.3) is 0 Å². The average molecular weight is 307 g/mol. The summed E-state index contributed by atoms with van der Waals surface area (Å²) in [6.45, 7) is 3.29. The lowest BCUT2D eigenvalue weighted by Gasteiger charge is -2.29. The zero-order valence-electron chi connectivity index (χ0n) is 12.0. The first-order valence-corrected chi connectivity index (χ1v) is 7.55. The van der Waals surface area contributed by atoms with Crippen LogP contribution >= 0.6 is 11.6 Å². The van der Waals surface area contributed by atoms with Crippen LogP contribution in [0.4, 0.5) is 5.69 Å². The van der Waals surface area contributed by atoms with Crippen LogP contribution in [0.2, 0.25) is 5.02 Å². The number of halogens is 1. The maximum Gasteiger partial charge on any atom is 0.143 e. The number of aromatic nitrogens is 4. The van der Waals surface area contributed by atoms with Crippen LogP contribution in [0, 0.1) is 5.92 Å². The molecule has 21 heavy (non-hydrogen) atoms. The third-order valence-electron chi connectivity index (χ3n) is 3.98. The predicted octanol–water partition coefficient (Wildman–Crippen LogP) is 2.07. The van der Waals surface area contributed by atoms with E-state index in [0.29, 0.717) is 5.92 Å². The van der Waals surface area contributed by atoms with E-state index in [-0.39, 0.29) is 0 Å². The summed E-state index contributed by atoms with van der Waals surface area (Å²) in [5.74, 6) is 0.703. The monoisotopic (exact) mass is 306 g/mol. The Morgan fingerprint density at radius 1 is 1.33 bits per heavy atom. The van der Waals surface area contributed by atoms with Crippen molar-refractivity contribution in [3.8, 4) is 5.69 Å². The molecule has 1 aromatic carbocycles. The summed E-state index contributed by atoms with van der Waals surface area (Å²) in [6, 6.07) is 5.75. The topological polar surface area (TPSA) is 58.9 Å². The fraction of sp³-hybridized carbons (Fsp3) is 0.500. The van der Waals surface area contributed by atoms with Crippen molar-refractivity contribution < 1.29 is 0 Å². The van der Waals surface area contributed by atoms with Gasteiger partial charge in [-0.1, -0.05) is 11.6 Å². The number of benzene rings is 1. The van der Waals surface area contributed by atoms with Crippen molar-refractivity contribution in [3.05, 3.63) is 29.5 Å². The molecule has 1 saturated heterocycles. The van der Waals surface area contributed by atoms with Gasteiger partial charge in [0.05, 0.1) is 16.4 Å². The summed E-state index contributed by atoms with van der Waals surface area (Å²) in [5.41, 5.74) is 1.83. The molecule has 112 valence electrons. The summed E-state index contributed by atoms with van der Waals surface area (Å²) in [4.78, 5) is 2.38. The molecular formula is C14H19ClN6. The Bertz CT molecular complexity index is 577. The van der Waals surface area contributed by atoms with E-state index in [9.17, 15) is 0 Å². The van der Waals surface area contributed by atoms with Crippen LogP contribution in [0.5, 0.6) is 0 Å². The molecule has 0 spiro atoms. The second-order valence-corrected chi connectivity index (χ2v) is 5.95. The first-order chi connectivity index (χ1) is 10.2. The number of hydrogen-bond donors (Lipinski definition) is 1. The molecule has 1 aliphatic heterocycles. The van der Waals surface area contributed by atoms with E-state index >= 15 is 0 Å². The standard InChI is InChI=1S/C14H19ClN6/c1-20-6-4-11(5-7-20)9-16-14-8-12(2-3-13(14)15)21-10-17-18-19-21/h2-3,8,10-11,16H,4-7,9H2,1H3. The SMILES string of the molecule is CN1CCC(CNc2cc(-n3cnnn3)ccc2Cl)CC1. The third-order valence-corrected chi connectivity index (χ3v) is 4.31. The second-order valence-electron chi connectivity index (χ2n) is 5.55. The fourth-order valence-electron chi connectivity index (χ4n) is 2.59. The van der Waals surface area contributed by atoms with Crippen molar-refractivity contribution in [2.24, 2.45) is 5.92 Å². The Hall–Kier alpha value is -1.66. The predicted molar refractivity (Wildman–Crippen MR) is 82.9 cm³/mol. The van der Waals surface area contributed by atoms with Gasteiger partial charge in [-0.2, -0.15) is 0 Å². The Morgan fingerprint density at radius 2 is 2.14 bits per heavy atom. The van der Waals surface area contributed by atoms with Gasteiger partial charge < -0.3 is 10.2 Å². The molecule has 1 N–H and O–H groups in total. The van der Waals surface area contributed by atoms with Crippen molar-refractivity contribution in [2.45, 2.75) is 12.8 Å². The smallest absolute Gasteiger partial charge is 0.143 e. The molecule has 1 fully saturated rings. The first kappa shape index (κ1) is 14.3. The van der Waals surface area contributed by atoms with E-state index in [1.165, 1.54) is 25.9 Å². The minimum absolute atomic E-state index is 0.703. The zero-order chi connectivity index (χ0) is 14.7. The van der Waals surface area contributed by atoms with Crippen molar-refractivity contribution in [2.75, 3.05) is 32.0 Å². The molecule has 0 amide bonds. The minimum atomic E-state index is 0.703. The zero-order valence-corrected chi connectivity index (χ0v) is 12.8. The van der Waals surface area contributed by atoms with Gasteiger partial charge in [0.15, 0.2) is 0 Å². The average Bonchev–Trinajstić information content (AvgIpc) is 3.02. The maximum absolute atomic E-state index is 6.27. The van der Waals surface area contributed by atoms with Gasteiger partial charge in [-0.05, 0) is 67.5 Å². The third kappa shape index (κ3) is 3.51. The lowest BCUT2D eigenvalue weighted by atomic mass is 9.97. The van der Waals surface area contributed by atoms with Crippen LogP contribution in [-0.4, -0.2) is 51.8 Å². The summed E-state index contributed by atoms with van der Waals surface area (Å²) in [5, 5.41) is 15.4. The van der Waals surface area contributed by atoms with Crippen LogP contribution in [-0.2, 0) is 0 Å². The molecule has 0 radical (unpaired) electrons. The van der Waals surface area contributed by atoms with E-state index in [4.69, 9.17) is 11.6 Å². The van der Waals surface area contributed by atoms with Crippen LogP contribution in [0.15, 0.2) is 24.5 Å². The molecule has 3 rings (SSSR count). The van der Waals surface area contributed by atoms with Gasteiger partial charge in [-0.3, -0.25) is 0 Å². The molecule has 0 atom stereocenters. The van der Waals surface area contributed by atoms with E-state index in [2.05, 4.69) is 32.8 Å². The number of nitrogens with zero attached hydrogens (tertiary/aromatic N) is 5. The molecule has 0 aliphatic carbocycles. The highest BCUT2D eigenvalue weighted by Gasteiger charge is 2.16. The van der Waals surface area contributed by atoms with Gasteiger partial charge in [0.1, 0.15) is 6.33 Å². The van der Waals surface area contributed by atoms with E-state index < -0.39 is 0 Å². The Labute approximate surface area is 129 Å². The van der Waals surface area contributed by atoms with Crippen LogP contribution in [0.1, 0.15) is 12.8 Å². The number of anilines is 1. The molecular weight excluding hydrogens is 288 g/mol. The van der Waals surface area contributed by atoms with Crippen LogP contribution < -0.4 is 5.32 Å². The summed E-state index contributed by atoms with van der Waals surface area (Å²) in [6.07, 6.45) is 4.03. The molecule has 7 heteroatoms. The van der Waals surface area contributed by atoms with E-state index in [1.54, 1.807) is 11.0 Å². The van der Waals surface area contributed by atoms with Crippen molar-refractivity contribution in [1.29, 1.82) is 0 Å². The number of rotatable bonds is 4. The first-order valence-electron chi connectivity index (χ1n) is 7.17. The molecule has 6 nitrogen and oxygen atoms in total. The lowest BCUT2D eigenvalue weighted by Crippen LogP contribution is -2.33. The fourth-order valence-corrected chi connectivity index (χ4v) is 2.78. The van der Waals surface area contributed by atoms with E-state index in [0.717, 1.165) is 22.9 Å². The molecule has 0 unspecified atom stereocenters. The maximum atomic E-state index is 6.27. The number of likely N-dealkylation sites (tertiary alicyclic amines) is 1. The number of piperidine rings is 1. The molecule has 0 bridgehead atoms. The van der Waals surface area contributed by atoms with Crippen LogP contribution in [0.25, 0.3) is 5.69 Å². The Balaban J connectivity index is 1.66. The molecule has 1 aliphatic rings. The van der Waals surface area contributed by atoms with Gasteiger partial charge in [0.2, 0.25) is 0 Å². The van der Waals surface area contributed by atoms with E-state index in [1.807, 2.05) is 18.2 Å². The number of nitrogens with one attached hydrogen (secondary N) is 1. The molecule has 2 aromatic rings. The lowest BCUT2D eigenvalue weighted by molar-refractivity contribution is 0.226. The van der Waals surface area contributed by atoms with Gasteiger partial charge >= 0.3 is 0 Å². The Kier molecular flexibility index (Phi) is 4.36. The summed E-state index contributed by atoms with van der Waals surface area (Å²) >= 11 is 6.27. The summed E-state index contributed by atoms with van der Waals surface area (Å²) in [7, 11) is 2.18. The number of hydrogen-bond acceptors (Lipinski definition) is 5. The van der Waals surface area contributed by atoms with Crippen LogP contribution in [0.3, 0.4) is 0 Å². The highest BCUT2D eigenvalue weighted by atomic mass is 35.5. The largest absolute Gasteiger partial charge is 0.383 e. The molecule has 1 aromatic heterocycles. The quantitative estimate of drug-likeness (QED) is 0.937. The Morgan fingerprint density at radius 3 is 2.86 bits per heavy atom. The highest BCUT2D eigenvalue weighted by molar-refractivity contribution is 6.33. The van der Waals surface area contributed by atoms with Crippen molar-refractivity contribution in [1.82, 2.24) is 25.1 Å². The normalized spacial score (nSPS) is 17.0. The number of tetrazole rings is 1. The van der Waals surface area contributed by atoms with Gasteiger partial charge in [0, 0.05) is 6.54 Å². The van der Waals surface area contributed by atoms with Crippen molar-refractivity contribution >= 4 is 17.3 Å². The minimum Gasteiger partial charge on any atom is -0.383 e.